The molecule has 0 unspecified atom stereocenters. The Morgan fingerprint density at radius 2 is 1.76 bits per heavy atom. The van der Waals surface area contributed by atoms with E-state index in [9.17, 15) is 9.59 Å². The molecule has 1 aromatic heterocycles. The van der Waals surface area contributed by atoms with Crippen molar-refractivity contribution < 1.29 is 14.3 Å². The molecule has 0 bridgehead atoms. The van der Waals surface area contributed by atoms with E-state index in [0.717, 1.165) is 84.8 Å². The van der Waals surface area contributed by atoms with Gasteiger partial charge < -0.3 is 30.5 Å². The lowest BCUT2D eigenvalue weighted by molar-refractivity contribution is -0.119. The summed E-state index contributed by atoms with van der Waals surface area (Å²) in [6, 6.07) is 18.9. The Balaban J connectivity index is 1.41. The molecule has 1 aliphatic heterocycles. The van der Waals surface area contributed by atoms with Gasteiger partial charge in [0.15, 0.2) is 0 Å². The second kappa shape index (κ2) is 13.6. The van der Waals surface area contributed by atoms with Crippen LogP contribution in [-0.2, 0) is 16.1 Å². The smallest absolute Gasteiger partial charge is 0.264 e. The van der Waals surface area contributed by atoms with Crippen LogP contribution in [0.5, 0.6) is 0 Å². The predicted molar refractivity (Wildman–Crippen MR) is 167 cm³/mol. The van der Waals surface area contributed by atoms with Crippen LogP contribution in [0, 0.1) is 0 Å². The molecule has 218 valence electrons. The van der Waals surface area contributed by atoms with Crippen LogP contribution < -0.4 is 16.0 Å². The molecule has 1 aliphatic carbocycles. The minimum Gasteiger partial charge on any atom is -0.375 e. The highest BCUT2D eigenvalue weighted by molar-refractivity contribution is 7.12. The minimum atomic E-state index is -0.177. The van der Waals surface area contributed by atoms with Gasteiger partial charge in [-0.2, -0.15) is 0 Å². The zero-order chi connectivity index (χ0) is 28.8. The molecule has 9 heteroatoms. The van der Waals surface area contributed by atoms with Gasteiger partial charge in [-0.25, -0.2) is 0 Å². The van der Waals surface area contributed by atoms with Crippen LogP contribution in [0.2, 0.25) is 0 Å². The Bertz CT molecular complexity index is 1310. The molecule has 2 aliphatic rings. The molecule has 2 amide bonds. The van der Waals surface area contributed by atoms with Crippen molar-refractivity contribution in [3.05, 3.63) is 70.4 Å². The lowest BCUT2D eigenvalue weighted by Gasteiger charge is -2.36. The molecule has 2 heterocycles. The van der Waals surface area contributed by atoms with Crippen LogP contribution in [0.15, 0.2) is 60.0 Å². The molecule has 2 aromatic carbocycles. The zero-order valence-electron chi connectivity index (χ0n) is 24.1. The Kier molecular flexibility index (Phi) is 9.72. The summed E-state index contributed by atoms with van der Waals surface area (Å²) in [4.78, 5) is 33.6. The van der Waals surface area contributed by atoms with Crippen LogP contribution >= 0.6 is 11.3 Å². The highest BCUT2D eigenvalue weighted by Crippen LogP contribution is 2.33. The van der Waals surface area contributed by atoms with E-state index in [2.05, 4.69) is 58.6 Å². The number of amides is 2. The maximum absolute atomic E-state index is 13.6. The van der Waals surface area contributed by atoms with Crippen LogP contribution in [0.1, 0.15) is 40.9 Å². The molecule has 3 N–H and O–H groups in total. The van der Waals surface area contributed by atoms with Gasteiger partial charge in [-0.05, 0) is 79.1 Å². The van der Waals surface area contributed by atoms with Crippen molar-refractivity contribution in [3.8, 4) is 11.1 Å². The minimum absolute atomic E-state index is 0.00205. The molecule has 0 atom stereocenters. The number of nitrogens with one attached hydrogen (secondary N) is 1. The van der Waals surface area contributed by atoms with E-state index in [1.807, 2.05) is 28.5 Å². The van der Waals surface area contributed by atoms with Crippen LogP contribution in [0.3, 0.4) is 0 Å². The number of carbonyl (C=O) groups excluding carboxylic acids is 2. The highest BCUT2D eigenvalue weighted by atomic mass is 32.1. The summed E-state index contributed by atoms with van der Waals surface area (Å²) in [5.74, 6) is -0.0887. The van der Waals surface area contributed by atoms with E-state index >= 15 is 0 Å². The summed E-state index contributed by atoms with van der Waals surface area (Å²) < 4.78 is 5.07. The van der Waals surface area contributed by atoms with E-state index < -0.39 is 0 Å². The first-order valence-electron chi connectivity index (χ1n) is 14.5. The van der Waals surface area contributed by atoms with Crippen molar-refractivity contribution in [1.82, 2.24) is 9.80 Å². The maximum Gasteiger partial charge on any atom is 0.264 e. The average molecular weight is 576 g/mol. The zero-order valence-corrected chi connectivity index (χ0v) is 24.9. The number of nitrogens with two attached hydrogens (primary N) is 1. The fourth-order valence-corrected chi connectivity index (χ4v) is 6.50. The van der Waals surface area contributed by atoms with Gasteiger partial charge in [0.2, 0.25) is 5.91 Å². The molecule has 3 aromatic rings. The number of hydrogen-bond donors (Lipinski definition) is 2. The Labute approximate surface area is 247 Å². The molecule has 41 heavy (non-hydrogen) atoms. The van der Waals surface area contributed by atoms with Crippen molar-refractivity contribution in [2.24, 2.45) is 5.73 Å². The predicted octanol–water partition coefficient (Wildman–Crippen LogP) is 4.66. The lowest BCUT2D eigenvalue weighted by Crippen LogP contribution is -2.44. The maximum atomic E-state index is 13.6. The summed E-state index contributed by atoms with van der Waals surface area (Å²) in [7, 11) is 3.66. The summed E-state index contributed by atoms with van der Waals surface area (Å²) in [6.07, 6.45) is 3.73. The Morgan fingerprint density at radius 1 is 1.00 bits per heavy atom. The first-order valence-corrected chi connectivity index (χ1v) is 15.3. The largest absolute Gasteiger partial charge is 0.375 e. The normalized spacial score (nSPS) is 19.6. The lowest BCUT2D eigenvalue weighted by atomic mass is 9.90. The van der Waals surface area contributed by atoms with Crippen molar-refractivity contribution in [1.29, 1.82) is 0 Å². The van der Waals surface area contributed by atoms with E-state index in [1.165, 1.54) is 18.4 Å². The number of benzene rings is 2. The monoisotopic (exact) mass is 575 g/mol. The number of methoxy groups -OCH3 is 1. The topological polar surface area (TPSA) is 91.1 Å². The number of carbonyl (C=O) groups is 2. The first-order chi connectivity index (χ1) is 19.9. The number of ether oxygens (including phenoxy) is 1. The van der Waals surface area contributed by atoms with Gasteiger partial charge in [-0.1, -0.05) is 30.3 Å². The quantitative estimate of drug-likeness (QED) is 0.386. The Hall–Kier alpha value is -3.24. The summed E-state index contributed by atoms with van der Waals surface area (Å²) in [6.45, 7) is 4.30. The third-order valence-corrected chi connectivity index (χ3v) is 9.04. The van der Waals surface area contributed by atoms with Crippen molar-refractivity contribution in [2.45, 2.75) is 44.3 Å². The molecule has 0 spiro atoms. The molecule has 2 fully saturated rings. The van der Waals surface area contributed by atoms with E-state index in [1.54, 1.807) is 0 Å². The second-order valence-electron chi connectivity index (χ2n) is 11.2. The number of rotatable bonds is 9. The number of thiophene rings is 1. The fourth-order valence-electron chi connectivity index (χ4n) is 5.82. The molecule has 0 radical (unpaired) electrons. The van der Waals surface area contributed by atoms with Gasteiger partial charge in [0.25, 0.3) is 5.91 Å². The Morgan fingerprint density at radius 3 is 2.46 bits per heavy atom. The number of piperazine rings is 1. The molecular formula is C32H41N5O3S. The summed E-state index contributed by atoms with van der Waals surface area (Å²) >= 11 is 1.49. The standard InChI is InChI=1S/C32H41N5O3S/c1-35-14-16-36(17-15-35)29-13-8-25(20-28(29)34-31(38)22-40-2)24-6-3-5-23(19-24)21-37(27-11-9-26(33)10-12-27)32(39)30-7-4-18-41-30/h3-8,13,18-20,26-27H,9-12,14-17,21-22,33H2,1-2H3,(H,34,38). The fraction of sp³-hybridized carbons (Fsp3) is 0.438. The van der Waals surface area contributed by atoms with Crippen molar-refractivity contribution in [3.63, 3.8) is 0 Å². The van der Waals surface area contributed by atoms with Gasteiger partial charge in [-0.15, -0.1) is 11.3 Å². The number of likely N-dealkylation sites (N-methyl/N-ethyl adjacent to an activating group) is 1. The number of hydrogen-bond acceptors (Lipinski definition) is 7. The van der Waals surface area contributed by atoms with E-state index in [0.29, 0.717) is 6.54 Å². The van der Waals surface area contributed by atoms with E-state index in [4.69, 9.17) is 10.5 Å². The number of nitrogens with zero attached hydrogens (tertiary/aromatic N) is 3. The van der Waals surface area contributed by atoms with E-state index in [-0.39, 0.29) is 30.5 Å². The number of anilines is 2. The third-order valence-electron chi connectivity index (χ3n) is 8.18. The summed E-state index contributed by atoms with van der Waals surface area (Å²) in [5, 5.41) is 5.03. The SMILES string of the molecule is COCC(=O)Nc1cc(-c2cccc(CN(C(=O)c3cccs3)C3CCC(N)CC3)c2)ccc1N1CCN(C)CC1. The van der Waals surface area contributed by atoms with Gasteiger partial charge in [0.05, 0.1) is 16.3 Å². The van der Waals surface area contributed by atoms with Crippen LogP contribution in [0.4, 0.5) is 11.4 Å². The van der Waals surface area contributed by atoms with Crippen LogP contribution in [-0.4, -0.2) is 80.6 Å². The van der Waals surface area contributed by atoms with Gasteiger partial charge in [0, 0.05) is 51.9 Å². The van der Waals surface area contributed by atoms with Crippen molar-refractivity contribution in [2.75, 3.05) is 57.2 Å². The molecular weight excluding hydrogens is 534 g/mol. The highest BCUT2D eigenvalue weighted by Gasteiger charge is 2.29. The molecule has 8 nitrogen and oxygen atoms in total. The van der Waals surface area contributed by atoms with Gasteiger partial charge in [0.1, 0.15) is 6.61 Å². The third kappa shape index (κ3) is 7.35. The summed E-state index contributed by atoms with van der Waals surface area (Å²) in [5.41, 5.74) is 11.1. The van der Waals surface area contributed by atoms with Crippen molar-refractivity contribution >= 4 is 34.5 Å². The van der Waals surface area contributed by atoms with Crippen LogP contribution in [0.25, 0.3) is 11.1 Å². The second-order valence-corrected chi connectivity index (χ2v) is 12.1. The molecule has 1 saturated heterocycles. The van der Waals surface area contributed by atoms with Gasteiger partial charge >= 0.3 is 0 Å². The average Bonchev–Trinajstić information content (AvgIpc) is 3.52. The molecule has 5 rings (SSSR count). The first kappa shape index (κ1) is 29.3. The van der Waals surface area contributed by atoms with Gasteiger partial charge in [-0.3, -0.25) is 9.59 Å². The molecule has 1 saturated carbocycles.